The van der Waals surface area contributed by atoms with Crippen molar-refractivity contribution in [1.82, 2.24) is 0 Å². The van der Waals surface area contributed by atoms with Crippen LogP contribution in [0.15, 0.2) is 36.4 Å². The molecule has 0 saturated carbocycles. The van der Waals surface area contributed by atoms with Crippen molar-refractivity contribution in [3.05, 3.63) is 59.4 Å². The Bertz CT molecular complexity index is 643. The quantitative estimate of drug-likeness (QED) is 0.915. The van der Waals surface area contributed by atoms with Gasteiger partial charge >= 0.3 is 0 Å². The van der Waals surface area contributed by atoms with Crippen molar-refractivity contribution in [2.75, 3.05) is 11.9 Å². The minimum Gasteiger partial charge on any atom is -0.479 e. The van der Waals surface area contributed by atoms with Crippen molar-refractivity contribution in [2.45, 2.75) is 6.54 Å². The van der Waals surface area contributed by atoms with E-state index in [4.69, 9.17) is 10.00 Å². The number of rotatable bonds is 5. The Hall–Kier alpha value is -2.68. The molecular formula is C15H11F3N2O. The number of ether oxygens (including phenoxy) is 1. The number of benzene rings is 2. The van der Waals surface area contributed by atoms with Crippen LogP contribution in [-0.2, 0) is 6.54 Å². The third-order valence-electron chi connectivity index (χ3n) is 2.70. The van der Waals surface area contributed by atoms with Gasteiger partial charge in [-0.1, -0.05) is 12.1 Å². The molecule has 108 valence electrons. The predicted molar refractivity (Wildman–Crippen MR) is 71.2 cm³/mol. The fourth-order valence-electron chi connectivity index (χ4n) is 1.72. The normalized spacial score (nSPS) is 10.0. The number of hydrogen-bond acceptors (Lipinski definition) is 3. The fourth-order valence-corrected chi connectivity index (χ4v) is 1.72. The van der Waals surface area contributed by atoms with E-state index in [1.807, 2.05) is 6.07 Å². The number of halogens is 3. The van der Waals surface area contributed by atoms with E-state index in [1.54, 1.807) is 24.3 Å². The highest BCUT2D eigenvalue weighted by molar-refractivity contribution is 5.47. The molecule has 21 heavy (non-hydrogen) atoms. The van der Waals surface area contributed by atoms with E-state index in [2.05, 4.69) is 5.32 Å². The maximum Gasteiger partial charge on any atom is 0.174 e. The average molecular weight is 292 g/mol. The van der Waals surface area contributed by atoms with Gasteiger partial charge in [-0.3, -0.25) is 0 Å². The first-order valence-electron chi connectivity index (χ1n) is 6.07. The first-order chi connectivity index (χ1) is 10.1. The van der Waals surface area contributed by atoms with E-state index in [0.717, 1.165) is 5.56 Å². The van der Waals surface area contributed by atoms with E-state index >= 15 is 0 Å². The van der Waals surface area contributed by atoms with Gasteiger partial charge in [0.25, 0.3) is 0 Å². The minimum absolute atomic E-state index is 0.0520. The molecule has 0 aliphatic rings. The van der Waals surface area contributed by atoms with Crippen LogP contribution in [0.5, 0.6) is 5.75 Å². The lowest BCUT2D eigenvalue weighted by Gasteiger charge is -2.09. The summed E-state index contributed by atoms with van der Waals surface area (Å²) in [4.78, 5) is 0. The van der Waals surface area contributed by atoms with Gasteiger partial charge in [0.1, 0.15) is 23.3 Å². The van der Waals surface area contributed by atoms with Crippen LogP contribution in [-0.4, -0.2) is 6.61 Å². The number of hydrogen-bond donors (Lipinski definition) is 1. The lowest BCUT2D eigenvalue weighted by molar-refractivity contribution is 0.368. The van der Waals surface area contributed by atoms with Gasteiger partial charge in [-0.15, -0.1) is 0 Å². The summed E-state index contributed by atoms with van der Waals surface area (Å²) in [6, 6.07) is 9.75. The molecular weight excluding hydrogens is 281 g/mol. The first-order valence-corrected chi connectivity index (χ1v) is 6.07. The van der Waals surface area contributed by atoms with Crippen molar-refractivity contribution in [3.8, 4) is 11.8 Å². The predicted octanol–water partition coefficient (Wildman–Crippen LogP) is 3.62. The standard InChI is InChI=1S/C15H11F3N2O/c16-11-7-13(17)15(14(18)8-11)20-9-10-1-3-12(4-2-10)21-6-5-19/h1-4,7-8,20H,6,9H2. The van der Waals surface area contributed by atoms with Gasteiger partial charge in [0.05, 0.1) is 0 Å². The molecule has 0 heterocycles. The second-order valence-electron chi connectivity index (χ2n) is 4.19. The van der Waals surface area contributed by atoms with Crippen LogP contribution in [0.1, 0.15) is 5.56 Å². The Morgan fingerprint density at radius 3 is 2.24 bits per heavy atom. The molecule has 0 aliphatic heterocycles. The largest absolute Gasteiger partial charge is 0.479 e. The molecule has 0 aromatic heterocycles. The van der Waals surface area contributed by atoms with Crippen LogP contribution in [0.4, 0.5) is 18.9 Å². The Labute approximate surface area is 119 Å². The molecule has 0 unspecified atom stereocenters. The highest BCUT2D eigenvalue weighted by Crippen LogP contribution is 2.21. The Kier molecular flexibility index (Phi) is 4.67. The summed E-state index contributed by atoms with van der Waals surface area (Å²) in [7, 11) is 0. The Morgan fingerprint density at radius 1 is 1.05 bits per heavy atom. The number of nitrogens with one attached hydrogen (secondary N) is 1. The second kappa shape index (κ2) is 6.66. The highest BCUT2D eigenvalue weighted by Gasteiger charge is 2.10. The van der Waals surface area contributed by atoms with E-state index < -0.39 is 17.5 Å². The van der Waals surface area contributed by atoms with Gasteiger partial charge in [-0.25, -0.2) is 13.2 Å². The summed E-state index contributed by atoms with van der Waals surface area (Å²) in [5, 5.41) is 11.0. The van der Waals surface area contributed by atoms with Crippen LogP contribution < -0.4 is 10.1 Å². The van der Waals surface area contributed by atoms with E-state index in [-0.39, 0.29) is 18.8 Å². The van der Waals surface area contributed by atoms with Crippen molar-refractivity contribution in [3.63, 3.8) is 0 Å². The zero-order valence-corrected chi connectivity index (χ0v) is 10.9. The van der Waals surface area contributed by atoms with Crippen LogP contribution in [0.3, 0.4) is 0 Å². The zero-order valence-electron chi connectivity index (χ0n) is 10.9. The minimum atomic E-state index is -0.985. The molecule has 0 radical (unpaired) electrons. The molecule has 2 aromatic rings. The van der Waals surface area contributed by atoms with Crippen LogP contribution >= 0.6 is 0 Å². The molecule has 2 aromatic carbocycles. The van der Waals surface area contributed by atoms with Crippen molar-refractivity contribution >= 4 is 5.69 Å². The van der Waals surface area contributed by atoms with Gasteiger partial charge < -0.3 is 10.1 Å². The van der Waals surface area contributed by atoms with E-state index in [0.29, 0.717) is 17.9 Å². The molecule has 0 amide bonds. The summed E-state index contributed by atoms with van der Waals surface area (Å²) in [5.74, 6) is -2.41. The lowest BCUT2D eigenvalue weighted by atomic mass is 10.2. The SMILES string of the molecule is N#CCOc1ccc(CNc2c(F)cc(F)cc2F)cc1. The van der Waals surface area contributed by atoms with Crippen molar-refractivity contribution in [2.24, 2.45) is 0 Å². The topological polar surface area (TPSA) is 45.0 Å². The van der Waals surface area contributed by atoms with E-state index in [1.165, 1.54) is 0 Å². The van der Waals surface area contributed by atoms with Gasteiger partial charge in [-0.05, 0) is 17.7 Å². The molecule has 1 N–H and O–H groups in total. The monoisotopic (exact) mass is 292 g/mol. The summed E-state index contributed by atoms with van der Waals surface area (Å²) < 4.78 is 44.7. The number of nitriles is 1. The Morgan fingerprint density at radius 2 is 1.67 bits per heavy atom. The molecule has 0 aliphatic carbocycles. The molecule has 0 fully saturated rings. The van der Waals surface area contributed by atoms with E-state index in [9.17, 15) is 13.2 Å². The maximum absolute atomic E-state index is 13.4. The second-order valence-corrected chi connectivity index (χ2v) is 4.19. The molecule has 0 saturated heterocycles. The first kappa shape index (κ1) is 14.7. The average Bonchev–Trinajstić information content (AvgIpc) is 2.45. The summed E-state index contributed by atoms with van der Waals surface area (Å²) in [6.45, 7) is 0.113. The third-order valence-corrected chi connectivity index (χ3v) is 2.70. The molecule has 0 spiro atoms. The molecule has 6 heteroatoms. The van der Waals surface area contributed by atoms with Crippen molar-refractivity contribution in [1.29, 1.82) is 5.26 Å². The van der Waals surface area contributed by atoms with Gasteiger partial charge in [0.2, 0.25) is 0 Å². The van der Waals surface area contributed by atoms with Crippen LogP contribution in [0.2, 0.25) is 0 Å². The van der Waals surface area contributed by atoms with Gasteiger partial charge in [0, 0.05) is 18.7 Å². The smallest absolute Gasteiger partial charge is 0.174 e. The van der Waals surface area contributed by atoms with Crippen LogP contribution in [0, 0.1) is 28.8 Å². The summed E-state index contributed by atoms with van der Waals surface area (Å²) in [5.41, 5.74) is 0.378. The third kappa shape index (κ3) is 3.89. The maximum atomic E-state index is 13.4. The highest BCUT2D eigenvalue weighted by atomic mass is 19.1. The summed E-state index contributed by atoms with van der Waals surface area (Å²) >= 11 is 0. The molecule has 2 rings (SSSR count). The van der Waals surface area contributed by atoms with Gasteiger partial charge in [0.15, 0.2) is 18.2 Å². The van der Waals surface area contributed by atoms with Crippen molar-refractivity contribution < 1.29 is 17.9 Å². The summed E-state index contributed by atoms with van der Waals surface area (Å²) in [6.07, 6.45) is 0. The zero-order chi connectivity index (χ0) is 15.2. The Balaban J connectivity index is 2.02. The molecule has 0 atom stereocenters. The van der Waals surface area contributed by atoms with Gasteiger partial charge in [-0.2, -0.15) is 5.26 Å². The number of nitrogens with zero attached hydrogens (tertiary/aromatic N) is 1. The lowest BCUT2D eigenvalue weighted by Crippen LogP contribution is -2.04. The molecule has 3 nitrogen and oxygen atoms in total. The van der Waals surface area contributed by atoms with Crippen LogP contribution in [0.25, 0.3) is 0 Å². The number of anilines is 1. The molecule has 0 bridgehead atoms. The fraction of sp³-hybridized carbons (Fsp3) is 0.133.